The molecule has 1 fully saturated rings. The molecule has 2 aromatic heterocycles. The van der Waals surface area contributed by atoms with Crippen molar-refractivity contribution in [2.45, 2.75) is 44.7 Å². The zero-order valence-corrected chi connectivity index (χ0v) is 17.0. The summed E-state index contributed by atoms with van der Waals surface area (Å²) < 4.78 is 8.65. The van der Waals surface area contributed by atoms with Crippen molar-refractivity contribution in [2.24, 2.45) is 5.92 Å². The number of aromatic nitrogens is 2. The fourth-order valence-corrected chi connectivity index (χ4v) is 5.31. The van der Waals surface area contributed by atoms with Gasteiger partial charge in [-0.3, -0.25) is 14.2 Å². The number of carbonyl (C=O) groups is 1. The molecule has 1 aromatic carbocycles. The molecule has 0 radical (unpaired) electrons. The molecule has 1 saturated heterocycles. The van der Waals surface area contributed by atoms with Gasteiger partial charge in [-0.1, -0.05) is 31.5 Å². The Morgan fingerprint density at radius 3 is 2.77 bits per heavy atom. The van der Waals surface area contributed by atoms with Gasteiger partial charge < -0.3 is 13.9 Å². The second kappa shape index (κ2) is 7.31. The second-order valence-electron chi connectivity index (χ2n) is 8.43. The lowest BCUT2D eigenvalue weighted by molar-refractivity contribution is -0.135. The van der Waals surface area contributed by atoms with E-state index in [9.17, 15) is 14.4 Å². The van der Waals surface area contributed by atoms with Gasteiger partial charge in [-0.25, -0.2) is 4.79 Å². The van der Waals surface area contributed by atoms with E-state index in [1.165, 1.54) is 4.57 Å². The van der Waals surface area contributed by atoms with E-state index in [-0.39, 0.29) is 35.9 Å². The van der Waals surface area contributed by atoms with Crippen molar-refractivity contribution in [3.63, 3.8) is 0 Å². The van der Waals surface area contributed by atoms with Crippen LogP contribution in [0.15, 0.2) is 56.5 Å². The SMILES string of the molecule is CCC[C@H]1[C@H]2C[C@H](CN(C(=O)Cn3c(=O)oc4ccccc43)C2)c2cccc(=O)n21. The highest BCUT2D eigenvalue weighted by molar-refractivity contribution is 5.79. The number of carbonyl (C=O) groups excluding carboxylic acids is 1. The highest BCUT2D eigenvalue weighted by atomic mass is 16.4. The monoisotopic (exact) mass is 407 g/mol. The van der Waals surface area contributed by atoms with Crippen LogP contribution in [0.2, 0.25) is 0 Å². The summed E-state index contributed by atoms with van der Waals surface area (Å²) in [6, 6.07) is 12.7. The van der Waals surface area contributed by atoms with E-state index in [4.69, 9.17) is 4.42 Å². The first-order valence-corrected chi connectivity index (χ1v) is 10.6. The van der Waals surface area contributed by atoms with Crippen LogP contribution in [0.25, 0.3) is 11.1 Å². The van der Waals surface area contributed by atoms with Crippen molar-refractivity contribution < 1.29 is 9.21 Å². The molecule has 0 saturated carbocycles. The number of benzene rings is 1. The molecule has 2 aliphatic heterocycles. The van der Waals surface area contributed by atoms with Gasteiger partial charge in [0.25, 0.3) is 5.56 Å². The van der Waals surface area contributed by atoms with Gasteiger partial charge in [0.2, 0.25) is 5.91 Å². The van der Waals surface area contributed by atoms with Crippen LogP contribution in [0, 0.1) is 5.92 Å². The molecule has 2 aliphatic rings. The van der Waals surface area contributed by atoms with Crippen LogP contribution in [0.4, 0.5) is 0 Å². The zero-order chi connectivity index (χ0) is 20.8. The van der Waals surface area contributed by atoms with Crippen molar-refractivity contribution in [2.75, 3.05) is 13.1 Å². The molecule has 5 rings (SSSR count). The first-order chi connectivity index (χ1) is 14.6. The van der Waals surface area contributed by atoms with Gasteiger partial charge in [-0.2, -0.15) is 0 Å². The molecule has 0 N–H and O–H groups in total. The number of fused-ring (bicyclic) bond motifs is 5. The van der Waals surface area contributed by atoms with E-state index < -0.39 is 5.76 Å². The summed E-state index contributed by atoms with van der Waals surface area (Å²) >= 11 is 0. The Labute approximate surface area is 173 Å². The number of rotatable bonds is 4. The number of amides is 1. The Kier molecular flexibility index (Phi) is 4.60. The molecule has 4 heterocycles. The minimum atomic E-state index is -0.512. The second-order valence-corrected chi connectivity index (χ2v) is 8.43. The van der Waals surface area contributed by atoms with Crippen LogP contribution in [0.3, 0.4) is 0 Å². The number of oxazole rings is 1. The van der Waals surface area contributed by atoms with Crippen molar-refractivity contribution in [1.29, 1.82) is 0 Å². The van der Waals surface area contributed by atoms with Crippen molar-refractivity contribution in [3.8, 4) is 0 Å². The topological polar surface area (TPSA) is 77.5 Å². The average Bonchev–Trinajstić information content (AvgIpc) is 3.06. The third-order valence-electron chi connectivity index (χ3n) is 6.60. The van der Waals surface area contributed by atoms with E-state index >= 15 is 0 Å². The number of nitrogens with zero attached hydrogens (tertiary/aromatic N) is 3. The minimum Gasteiger partial charge on any atom is -0.408 e. The van der Waals surface area contributed by atoms with Gasteiger partial charge in [0.1, 0.15) is 6.54 Å². The maximum absolute atomic E-state index is 13.2. The van der Waals surface area contributed by atoms with Crippen molar-refractivity contribution in [1.82, 2.24) is 14.0 Å². The quantitative estimate of drug-likeness (QED) is 0.666. The number of piperidine rings is 1. The molecule has 0 aliphatic carbocycles. The van der Waals surface area contributed by atoms with Crippen molar-refractivity contribution >= 4 is 17.0 Å². The smallest absolute Gasteiger partial charge is 0.408 e. The third kappa shape index (κ3) is 3.00. The summed E-state index contributed by atoms with van der Waals surface area (Å²) in [6.45, 7) is 3.28. The molecule has 7 nitrogen and oxygen atoms in total. The third-order valence-corrected chi connectivity index (χ3v) is 6.60. The molecule has 2 bridgehead atoms. The lowest BCUT2D eigenvalue weighted by Crippen LogP contribution is -2.51. The van der Waals surface area contributed by atoms with E-state index in [2.05, 4.69) is 6.92 Å². The Morgan fingerprint density at radius 1 is 1.10 bits per heavy atom. The van der Waals surface area contributed by atoms with Crippen LogP contribution in [-0.4, -0.2) is 33.0 Å². The molecular weight excluding hydrogens is 382 g/mol. The highest BCUT2D eigenvalue weighted by Gasteiger charge is 2.41. The minimum absolute atomic E-state index is 0.0324. The summed E-state index contributed by atoms with van der Waals surface area (Å²) in [5, 5.41) is 0. The fraction of sp³-hybridized carbons (Fsp3) is 0.435. The summed E-state index contributed by atoms with van der Waals surface area (Å²) in [5.41, 5.74) is 2.20. The summed E-state index contributed by atoms with van der Waals surface area (Å²) in [5.74, 6) is -0.201. The first-order valence-electron chi connectivity index (χ1n) is 10.6. The maximum atomic E-state index is 13.2. The largest absolute Gasteiger partial charge is 0.420 e. The summed E-state index contributed by atoms with van der Waals surface area (Å²) in [4.78, 5) is 39.9. The number of para-hydroxylation sites is 2. The average molecular weight is 407 g/mol. The molecule has 3 aromatic rings. The van der Waals surface area contributed by atoms with Gasteiger partial charge in [-0.05, 0) is 37.0 Å². The van der Waals surface area contributed by atoms with Gasteiger partial charge in [0.05, 0.1) is 5.52 Å². The molecule has 30 heavy (non-hydrogen) atoms. The normalized spacial score (nSPS) is 22.8. The molecule has 156 valence electrons. The molecule has 0 spiro atoms. The molecule has 1 amide bonds. The van der Waals surface area contributed by atoms with Crippen molar-refractivity contribution in [3.05, 3.63) is 69.1 Å². The number of hydrogen-bond acceptors (Lipinski definition) is 4. The predicted molar refractivity (Wildman–Crippen MR) is 113 cm³/mol. The lowest BCUT2D eigenvalue weighted by Gasteiger charge is -2.47. The number of likely N-dealkylation sites (tertiary alicyclic amines) is 1. The zero-order valence-electron chi connectivity index (χ0n) is 17.0. The first kappa shape index (κ1) is 18.9. The fourth-order valence-electron chi connectivity index (χ4n) is 5.31. The van der Waals surface area contributed by atoms with Gasteiger partial charge >= 0.3 is 5.76 Å². The number of hydrogen-bond donors (Lipinski definition) is 0. The molecule has 7 heteroatoms. The van der Waals surface area contributed by atoms with Crippen LogP contribution in [0.5, 0.6) is 0 Å². The van der Waals surface area contributed by atoms with E-state index in [1.807, 2.05) is 27.7 Å². The van der Waals surface area contributed by atoms with Crippen LogP contribution >= 0.6 is 0 Å². The number of pyridine rings is 1. The Hall–Kier alpha value is -3.09. The van der Waals surface area contributed by atoms with Gasteiger partial charge in [0, 0.05) is 36.8 Å². The van der Waals surface area contributed by atoms with Crippen LogP contribution < -0.4 is 11.3 Å². The Balaban J connectivity index is 1.45. The van der Waals surface area contributed by atoms with E-state index in [1.54, 1.807) is 24.3 Å². The van der Waals surface area contributed by atoms with Gasteiger partial charge in [-0.15, -0.1) is 0 Å². The summed E-state index contributed by atoms with van der Waals surface area (Å²) in [7, 11) is 0. The van der Waals surface area contributed by atoms with Gasteiger partial charge in [0.15, 0.2) is 5.58 Å². The van der Waals surface area contributed by atoms with E-state index in [0.717, 1.165) is 25.0 Å². The highest BCUT2D eigenvalue weighted by Crippen LogP contribution is 2.42. The Morgan fingerprint density at radius 2 is 1.93 bits per heavy atom. The lowest BCUT2D eigenvalue weighted by atomic mass is 9.77. The maximum Gasteiger partial charge on any atom is 0.420 e. The van der Waals surface area contributed by atoms with Crippen LogP contribution in [-0.2, 0) is 11.3 Å². The molecular formula is C23H25N3O4. The molecule has 0 unspecified atom stereocenters. The van der Waals surface area contributed by atoms with Crippen LogP contribution in [0.1, 0.15) is 43.8 Å². The predicted octanol–water partition coefficient (Wildman–Crippen LogP) is 2.74. The molecule has 3 atom stereocenters. The standard InChI is InChI=1S/C23H25N3O4/c1-2-6-17-15-11-16(18-8-5-10-21(27)26(17)18)13-24(12-15)22(28)14-25-19-7-3-4-9-20(19)30-23(25)29/h3-5,7-10,15-17H,2,6,11-14H2,1H3/t15-,16+,17-/m0/s1. The summed E-state index contributed by atoms with van der Waals surface area (Å²) in [6.07, 6.45) is 2.89. The Bertz CT molecular complexity index is 1220. The van der Waals surface area contributed by atoms with E-state index in [0.29, 0.717) is 24.2 Å².